The van der Waals surface area contributed by atoms with Crippen molar-refractivity contribution < 1.29 is 19.1 Å². The lowest BCUT2D eigenvalue weighted by Gasteiger charge is -2.01. The van der Waals surface area contributed by atoms with Gasteiger partial charge in [-0.3, -0.25) is 0 Å². The third-order valence-corrected chi connectivity index (χ3v) is 2.09. The van der Waals surface area contributed by atoms with Crippen molar-refractivity contribution >= 4 is 11.9 Å². The van der Waals surface area contributed by atoms with Gasteiger partial charge < -0.3 is 9.47 Å². The van der Waals surface area contributed by atoms with Gasteiger partial charge in [0.1, 0.15) is 0 Å². The Labute approximate surface area is 103 Å². The van der Waals surface area contributed by atoms with E-state index in [0.717, 1.165) is 44.3 Å². The molecule has 0 atom stereocenters. The molecule has 0 saturated heterocycles. The number of carbonyl (C=O) groups excluding carboxylic acids is 2. The second-order valence-corrected chi connectivity index (χ2v) is 3.73. The van der Waals surface area contributed by atoms with E-state index in [1.807, 2.05) is 6.92 Å². The van der Waals surface area contributed by atoms with Gasteiger partial charge in [0.05, 0.1) is 13.2 Å². The summed E-state index contributed by atoms with van der Waals surface area (Å²) in [7, 11) is 0. The number of hydrogen-bond acceptors (Lipinski definition) is 4. The van der Waals surface area contributed by atoms with E-state index in [2.05, 4.69) is 6.92 Å². The van der Waals surface area contributed by atoms with Gasteiger partial charge in [-0.2, -0.15) is 0 Å². The number of esters is 2. The first-order chi connectivity index (χ1) is 8.20. The molecular weight excluding hydrogens is 220 g/mol. The summed E-state index contributed by atoms with van der Waals surface area (Å²) in [5.41, 5.74) is 0. The summed E-state index contributed by atoms with van der Waals surface area (Å²) in [6, 6.07) is 0. The van der Waals surface area contributed by atoms with E-state index in [4.69, 9.17) is 9.47 Å². The number of rotatable bonds is 9. The van der Waals surface area contributed by atoms with Crippen molar-refractivity contribution in [3.63, 3.8) is 0 Å². The van der Waals surface area contributed by atoms with Crippen LogP contribution in [0, 0.1) is 0 Å². The smallest absolute Gasteiger partial charge is 0.331 e. The highest BCUT2D eigenvalue weighted by Gasteiger charge is 2.00. The fourth-order valence-corrected chi connectivity index (χ4v) is 1.07. The van der Waals surface area contributed by atoms with E-state index in [1.165, 1.54) is 0 Å². The first kappa shape index (κ1) is 15.7. The maximum absolute atomic E-state index is 11.1. The zero-order chi connectivity index (χ0) is 12.9. The molecule has 4 heteroatoms. The van der Waals surface area contributed by atoms with Crippen molar-refractivity contribution in [2.75, 3.05) is 13.2 Å². The van der Waals surface area contributed by atoms with Crippen LogP contribution in [-0.4, -0.2) is 25.2 Å². The van der Waals surface area contributed by atoms with Crippen molar-refractivity contribution in [2.45, 2.75) is 46.0 Å². The van der Waals surface area contributed by atoms with E-state index < -0.39 is 11.9 Å². The van der Waals surface area contributed by atoms with Crippen molar-refractivity contribution in [2.24, 2.45) is 0 Å². The number of unbranched alkanes of at least 4 members (excludes halogenated alkanes) is 3. The van der Waals surface area contributed by atoms with Crippen LogP contribution in [0.25, 0.3) is 0 Å². The second kappa shape index (κ2) is 11.2. The Kier molecular flexibility index (Phi) is 10.3. The molecule has 98 valence electrons. The van der Waals surface area contributed by atoms with Crippen LogP contribution in [0.3, 0.4) is 0 Å². The molecule has 0 N–H and O–H groups in total. The second-order valence-electron chi connectivity index (χ2n) is 3.73. The predicted molar refractivity (Wildman–Crippen MR) is 65.5 cm³/mol. The Morgan fingerprint density at radius 3 is 1.76 bits per heavy atom. The number of ether oxygens (including phenoxy) is 2. The molecule has 0 aromatic rings. The molecule has 0 rings (SSSR count). The quantitative estimate of drug-likeness (QED) is 0.354. The Balaban J connectivity index is 3.60. The van der Waals surface area contributed by atoms with Crippen LogP contribution < -0.4 is 0 Å². The molecule has 0 amide bonds. The molecule has 0 heterocycles. The molecule has 0 fully saturated rings. The zero-order valence-corrected chi connectivity index (χ0v) is 10.7. The first-order valence-corrected chi connectivity index (χ1v) is 6.22. The third-order valence-electron chi connectivity index (χ3n) is 2.09. The average molecular weight is 242 g/mol. The first-order valence-electron chi connectivity index (χ1n) is 6.22. The van der Waals surface area contributed by atoms with Crippen LogP contribution in [0.15, 0.2) is 12.2 Å². The third kappa shape index (κ3) is 11.0. The molecule has 0 aliphatic carbocycles. The molecule has 0 bridgehead atoms. The molecule has 0 saturated carbocycles. The van der Waals surface area contributed by atoms with Crippen LogP contribution >= 0.6 is 0 Å². The average Bonchev–Trinajstić information content (AvgIpc) is 2.32. The maximum Gasteiger partial charge on any atom is 0.331 e. The van der Waals surface area contributed by atoms with Crippen LogP contribution in [-0.2, 0) is 19.1 Å². The SMILES string of the molecule is CCCCCOC(=O)C=CC(=O)OCCCC. The normalized spacial score (nSPS) is 10.5. The van der Waals surface area contributed by atoms with E-state index in [-0.39, 0.29) is 0 Å². The van der Waals surface area contributed by atoms with E-state index in [1.54, 1.807) is 0 Å². The van der Waals surface area contributed by atoms with Gasteiger partial charge in [-0.25, -0.2) is 9.59 Å². The van der Waals surface area contributed by atoms with Crippen LogP contribution in [0.5, 0.6) is 0 Å². The van der Waals surface area contributed by atoms with Gasteiger partial charge in [0.15, 0.2) is 0 Å². The van der Waals surface area contributed by atoms with Gasteiger partial charge in [-0.05, 0) is 12.8 Å². The minimum atomic E-state index is -0.496. The molecule has 0 aromatic carbocycles. The lowest BCUT2D eigenvalue weighted by atomic mass is 10.3. The molecule has 0 unspecified atom stereocenters. The minimum Gasteiger partial charge on any atom is -0.463 e. The molecule has 0 aliphatic heterocycles. The van der Waals surface area contributed by atoms with E-state index in [9.17, 15) is 9.59 Å². The maximum atomic E-state index is 11.1. The lowest BCUT2D eigenvalue weighted by Crippen LogP contribution is -2.06. The van der Waals surface area contributed by atoms with Crippen LogP contribution in [0.1, 0.15) is 46.0 Å². The fourth-order valence-electron chi connectivity index (χ4n) is 1.07. The molecule has 4 nitrogen and oxygen atoms in total. The standard InChI is InChI=1S/C13H22O4/c1-3-5-7-11-17-13(15)9-8-12(14)16-10-6-4-2/h8-9H,3-7,10-11H2,1-2H3. The lowest BCUT2D eigenvalue weighted by molar-refractivity contribution is -0.140. The molecular formula is C13H22O4. The number of carbonyl (C=O) groups is 2. The van der Waals surface area contributed by atoms with E-state index >= 15 is 0 Å². The Bertz CT molecular complexity index is 246. The van der Waals surface area contributed by atoms with Crippen molar-refractivity contribution in [3.05, 3.63) is 12.2 Å². The highest BCUT2D eigenvalue weighted by atomic mass is 16.5. The van der Waals surface area contributed by atoms with Crippen LogP contribution in [0.4, 0.5) is 0 Å². The van der Waals surface area contributed by atoms with Crippen molar-refractivity contribution in [3.8, 4) is 0 Å². The molecule has 17 heavy (non-hydrogen) atoms. The summed E-state index contributed by atoms with van der Waals surface area (Å²) in [5, 5.41) is 0. The Morgan fingerprint density at radius 2 is 1.29 bits per heavy atom. The van der Waals surface area contributed by atoms with Gasteiger partial charge in [-0.15, -0.1) is 0 Å². The summed E-state index contributed by atoms with van der Waals surface area (Å²) < 4.78 is 9.73. The van der Waals surface area contributed by atoms with Crippen molar-refractivity contribution in [1.29, 1.82) is 0 Å². The molecule has 0 aliphatic rings. The molecule has 0 spiro atoms. The molecule has 0 radical (unpaired) electrons. The summed E-state index contributed by atoms with van der Waals surface area (Å²) in [6.07, 6.45) is 7.00. The zero-order valence-electron chi connectivity index (χ0n) is 10.7. The summed E-state index contributed by atoms with van der Waals surface area (Å²) in [5.74, 6) is -0.988. The summed E-state index contributed by atoms with van der Waals surface area (Å²) >= 11 is 0. The monoisotopic (exact) mass is 242 g/mol. The summed E-state index contributed by atoms with van der Waals surface area (Å²) in [6.45, 7) is 4.89. The van der Waals surface area contributed by atoms with Gasteiger partial charge in [0.2, 0.25) is 0 Å². The van der Waals surface area contributed by atoms with Gasteiger partial charge in [0, 0.05) is 12.2 Å². The fraction of sp³-hybridized carbons (Fsp3) is 0.692. The van der Waals surface area contributed by atoms with Crippen LogP contribution in [0.2, 0.25) is 0 Å². The molecule has 0 aromatic heterocycles. The van der Waals surface area contributed by atoms with Gasteiger partial charge >= 0.3 is 11.9 Å². The summed E-state index contributed by atoms with van der Waals surface area (Å²) in [4.78, 5) is 22.2. The Morgan fingerprint density at radius 1 is 0.824 bits per heavy atom. The predicted octanol–water partition coefficient (Wildman–Crippen LogP) is 2.62. The Hall–Kier alpha value is -1.32. The minimum absolute atomic E-state index is 0.394. The topological polar surface area (TPSA) is 52.6 Å². The largest absolute Gasteiger partial charge is 0.463 e. The van der Waals surface area contributed by atoms with Gasteiger partial charge in [-0.1, -0.05) is 33.1 Å². The highest BCUT2D eigenvalue weighted by Crippen LogP contribution is 1.95. The number of hydrogen-bond donors (Lipinski definition) is 0. The van der Waals surface area contributed by atoms with E-state index in [0.29, 0.717) is 13.2 Å². The van der Waals surface area contributed by atoms with Crippen molar-refractivity contribution in [1.82, 2.24) is 0 Å². The van der Waals surface area contributed by atoms with Gasteiger partial charge in [0.25, 0.3) is 0 Å². The highest BCUT2D eigenvalue weighted by molar-refractivity contribution is 5.91.